The summed E-state index contributed by atoms with van der Waals surface area (Å²) in [6, 6.07) is 0.332. The van der Waals surface area contributed by atoms with Crippen molar-refractivity contribution in [3.05, 3.63) is 0 Å². The van der Waals surface area contributed by atoms with Gasteiger partial charge in [-0.05, 0) is 37.5 Å². The van der Waals surface area contributed by atoms with Gasteiger partial charge >= 0.3 is 0 Å². The first-order chi connectivity index (χ1) is 12.0. The summed E-state index contributed by atoms with van der Waals surface area (Å²) in [6.07, 6.45) is 5.29. The second-order valence-corrected chi connectivity index (χ2v) is 8.15. The van der Waals surface area contributed by atoms with E-state index in [0.29, 0.717) is 43.2 Å². The molecule has 0 N–H and O–H groups in total. The van der Waals surface area contributed by atoms with Gasteiger partial charge in [-0.15, -0.1) is 0 Å². The van der Waals surface area contributed by atoms with Crippen LogP contribution in [-0.4, -0.2) is 72.0 Å². The highest BCUT2D eigenvalue weighted by Gasteiger charge is 2.40. The molecule has 0 aromatic heterocycles. The zero-order valence-electron chi connectivity index (χ0n) is 15.8. The Kier molecular flexibility index (Phi) is 6.34. The molecule has 0 bridgehead atoms. The summed E-state index contributed by atoms with van der Waals surface area (Å²) in [6.45, 7) is 9.18. The van der Waals surface area contributed by atoms with E-state index in [4.69, 9.17) is 4.84 Å². The van der Waals surface area contributed by atoms with Gasteiger partial charge < -0.3 is 9.80 Å². The van der Waals surface area contributed by atoms with Gasteiger partial charge in [-0.1, -0.05) is 13.8 Å². The van der Waals surface area contributed by atoms with E-state index >= 15 is 0 Å². The third-order valence-corrected chi connectivity index (χ3v) is 5.71. The molecule has 3 aliphatic rings. The van der Waals surface area contributed by atoms with Gasteiger partial charge in [-0.3, -0.25) is 14.4 Å². The first-order valence-corrected chi connectivity index (χ1v) is 9.99. The minimum atomic E-state index is 0.236. The van der Waals surface area contributed by atoms with Crippen LogP contribution in [0.3, 0.4) is 0 Å². The summed E-state index contributed by atoms with van der Waals surface area (Å²) in [5.41, 5.74) is 0. The van der Waals surface area contributed by atoms with Gasteiger partial charge in [0.15, 0.2) is 0 Å². The number of rotatable bonds is 5. The van der Waals surface area contributed by atoms with E-state index in [1.807, 2.05) is 9.96 Å². The van der Waals surface area contributed by atoms with Crippen molar-refractivity contribution in [3.8, 4) is 0 Å². The second-order valence-electron chi connectivity index (χ2n) is 8.15. The van der Waals surface area contributed by atoms with Crippen molar-refractivity contribution in [1.82, 2.24) is 14.9 Å². The maximum atomic E-state index is 12.6. The largest absolute Gasteiger partial charge is 0.342 e. The van der Waals surface area contributed by atoms with Crippen LogP contribution in [-0.2, 0) is 14.4 Å². The first-order valence-electron chi connectivity index (χ1n) is 9.99. The lowest BCUT2D eigenvalue weighted by Crippen LogP contribution is -2.57. The van der Waals surface area contributed by atoms with Crippen LogP contribution in [0, 0.1) is 11.8 Å². The third-order valence-electron chi connectivity index (χ3n) is 5.71. The molecule has 3 aliphatic heterocycles. The molecule has 0 aromatic carbocycles. The Bertz CT molecular complexity index is 477. The van der Waals surface area contributed by atoms with Crippen LogP contribution >= 0.6 is 0 Å². The van der Waals surface area contributed by atoms with E-state index in [0.717, 1.165) is 58.5 Å². The molecule has 3 heterocycles. The van der Waals surface area contributed by atoms with Gasteiger partial charge in [-0.2, -0.15) is 5.06 Å². The SMILES string of the molecule is CC(C)CN1C(=O)CC[C@H]2CN(C(=O)CCN3CCCCO3)CC[C@H]21. The van der Waals surface area contributed by atoms with Crippen molar-refractivity contribution in [1.29, 1.82) is 0 Å². The van der Waals surface area contributed by atoms with Gasteiger partial charge in [-0.25, -0.2) is 0 Å². The van der Waals surface area contributed by atoms with Crippen molar-refractivity contribution in [2.75, 3.05) is 39.3 Å². The molecule has 0 spiro atoms. The highest BCUT2D eigenvalue weighted by Crippen LogP contribution is 2.32. The molecule has 0 saturated carbocycles. The Morgan fingerprint density at radius 3 is 2.80 bits per heavy atom. The number of nitrogens with zero attached hydrogens (tertiary/aromatic N) is 3. The Balaban J connectivity index is 1.50. The quantitative estimate of drug-likeness (QED) is 0.759. The highest BCUT2D eigenvalue weighted by atomic mass is 16.7. The number of hydrogen-bond donors (Lipinski definition) is 0. The van der Waals surface area contributed by atoms with E-state index in [1.165, 1.54) is 0 Å². The van der Waals surface area contributed by atoms with Crippen LogP contribution in [0.4, 0.5) is 0 Å². The Morgan fingerprint density at radius 2 is 2.08 bits per heavy atom. The Morgan fingerprint density at radius 1 is 1.24 bits per heavy atom. The molecule has 3 fully saturated rings. The molecule has 2 amide bonds. The molecule has 142 valence electrons. The second kappa shape index (κ2) is 8.49. The highest BCUT2D eigenvalue weighted by molar-refractivity contribution is 5.78. The summed E-state index contributed by atoms with van der Waals surface area (Å²) in [7, 11) is 0. The van der Waals surface area contributed by atoms with Gasteiger partial charge in [0, 0.05) is 51.6 Å². The fourth-order valence-corrected chi connectivity index (χ4v) is 4.41. The van der Waals surface area contributed by atoms with Crippen molar-refractivity contribution in [3.63, 3.8) is 0 Å². The lowest BCUT2D eigenvalue weighted by Gasteiger charge is -2.47. The molecule has 0 radical (unpaired) electrons. The molecular formula is C19H33N3O3. The van der Waals surface area contributed by atoms with Crippen LogP contribution in [0.25, 0.3) is 0 Å². The van der Waals surface area contributed by atoms with E-state index in [9.17, 15) is 9.59 Å². The van der Waals surface area contributed by atoms with E-state index in [1.54, 1.807) is 0 Å². The summed E-state index contributed by atoms with van der Waals surface area (Å²) < 4.78 is 0. The minimum absolute atomic E-state index is 0.236. The number of hydroxylamine groups is 2. The van der Waals surface area contributed by atoms with Crippen LogP contribution in [0.5, 0.6) is 0 Å². The fraction of sp³-hybridized carbons (Fsp3) is 0.895. The van der Waals surface area contributed by atoms with E-state index in [-0.39, 0.29) is 5.91 Å². The number of fused-ring (bicyclic) bond motifs is 1. The summed E-state index contributed by atoms with van der Waals surface area (Å²) in [4.78, 5) is 34.6. The maximum Gasteiger partial charge on any atom is 0.223 e. The smallest absolute Gasteiger partial charge is 0.223 e. The van der Waals surface area contributed by atoms with Crippen LogP contribution in [0.2, 0.25) is 0 Å². The van der Waals surface area contributed by atoms with E-state index < -0.39 is 0 Å². The standard InChI is InChI=1S/C19H33N3O3/c1-15(2)13-22-17-7-10-20(14-16(17)5-6-19(22)24)18(23)8-11-21-9-3-4-12-25-21/h15-17H,3-14H2,1-2H3/t16-,17+/m0/s1. The maximum absolute atomic E-state index is 12.6. The molecule has 2 atom stereocenters. The summed E-state index contributed by atoms with van der Waals surface area (Å²) in [5.74, 6) is 1.48. The summed E-state index contributed by atoms with van der Waals surface area (Å²) in [5, 5.41) is 1.94. The van der Waals surface area contributed by atoms with Crippen LogP contribution in [0.15, 0.2) is 0 Å². The molecule has 0 unspecified atom stereocenters. The fourth-order valence-electron chi connectivity index (χ4n) is 4.41. The van der Waals surface area contributed by atoms with Gasteiger partial charge in [0.1, 0.15) is 0 Å². The van der Waals surface area contributed by atoms with Crippen molar-refractivity contribution >= 4 is 11.8 Å². The van der Waals surface area contributed by atoms with Crippen LogP contribution in [0.1, 0.15) is 52.4 Å². The molecule has 6 heteroatoms. The van der Waals surface area contributed by atoms with Gasteiger partial charge in [0.05, 0.1) is 6.61 Å². The topological polar surface area (TPSA) is 53.1 Å². The Hall–Kier alpha value is -1.14. The number of likely N-dealkylation sites (tertiary alicyclic amines) is 2. The van der Waals surface area contributed by atoms with Crippen LogP contribution < -0.4 is 0 Å². The van der Waals surface area contributed by atoms with Crippen molar-refractivity contribution in [2.45, 2.75) is 58.4 Å². The first kappa shape index (κ1) is 18.6. The van der Waals surface area contributed by atoms with Gasteiger partial charge in [0.25, 0.3) is 0 Å². The number of carbonyl (C=O) groups is 2. The zero-order valence-corrected chi connectivity index (χ0v) is 15.8. The molecule has 25 heavy (non-hydrogen) atoms. The third kappa shape index (κ3) is 4.73. The lowest BCUT2D eigenvalue weighted by atomic mass is 9.83. The lowest BCUT2D eigenvalue weighted by molar-refractivity contribution is -0.183. The number of amides is 2. The predicted molar refractivity (Wildman–Crippen MR) is 95.6 cm³/mol. The average Bonchev–Trinajstić information content (AvgIpc) is 2.62. The molecular weight excluding hydrogens is 318 g/mol. The zero-order chi connectivity index (χ0) is 17.8. The van der Waals surface area contributed by atoms with Gasteiger partial charge in [0.2, 0.25) is 11.8 Å². The normalized spacial score (nSPS) is 28.4. The average molecular weight is 351 g/mol. The molecule has 3 rings (SSSR count). The van der Waals surface area contributed by atoms with E-state index in [2.05, 4.69) is 18.7 Å². The number of hydrogen-bond acceptors (Lipinski definition) is 4. The van der Waals surface area contributed by atoms with Crippen molar-refractivity contribution < 1.29 is 14.4 Å². The Labute approximate surface area is 151 Å². The molecule has 6 nitrogen and oxygen atoms in total. The monoisotopic (exact) mass is 351 g/mol. The predicted octanol–water partition coefficient (Wildman–Crippen LogP) is 1.90. The minimum Gasteiger partial charge on any atom is -0.342 e. The molecule has 0 aromatic rings. The van der Waals surface area contributed by atoms with Crippen molar-refractivity contribution in [2.24, 2.45) is 11.8 Å². The molecule has 3 saturated heterocycles. The number of carbonyl (C=O) groups excluding carboxylic acids is 2. The molecule has 0 aliphatic carbocycles. The summed E-state index contributed by atoms with van der Waals surface area (Å²) >= 11 is 0. The number of piperidine rings is 2.